The highest BCUT2D eigenvalue weighted by Gasteiger charge is 2.17. The average molecular weight is 463 g/mol. The summed E-state index contributed by atoms with van der Waals surface area (Å²) in [5.74, 6) is -0.239. The van der Waals surface area contributed by atoms with Crippen molar-refractivity contribution < 1.29 is 26.9 Å². The zero-order valence-electron chi connectivity index (χ0n) is 19.0. The molecule has 9 heteroatoms. The Balaban J connectivity index is 1.96. The minimum absolute atomic E-state index is 0.0105. The van der Waals surface area contributed by atoms with Crippen LogP contribution >= 0.6 is 0 Å². The topological polar surface area (TPSA) is 102 Å². The van der Waals surface area contributed by atoms with E-state index in [0.717, 1.165) is 28.5 Å². The minimum Gasteiger partial charge on any atom is -0.444 e. The second-order valence-electron chi connectivity index (χ2n) is 8.47. The van der Waals surface area contributed by atoms with Crippen LogP contribution in [0.25, 0.3) is 11.1 Å². The van der Waals surface area contributed by atoms with Crippen molar-refractivity contribution in [1.82, 2.24) is 10.2 Å². The molecule has 0 spiro atoms. The third-order valence-corrected chi connectivity index (χ3v) is 4.83. The molecule has 2 rings (SSSR count). The number of carbonyl (C=O) groups is 2. The Kier molecular flexibility index (Phi) is 8.40. The third-order valence-electron chi connectivity index (χ3n) is 4.28. The molecule has 0 aliphatic rings. The highest BCUT2D eigenvalue weighted by molar-refractivity contribution is 7.85. The summed E-state index contributed by atoms with van der Waals surface area (Å²) >= 11 is 0. The summed E-state index contributed by atoms with van der Waals surface area (Å²) < 4.78 is 32.2. The van der Waals surface area contributed by atoms with Gasteiger partial charge in [-0.25, -0.2) is 4.79 Å². The summed E-state index contributed by atoms with van der Waals surface area (Å²) in [7, 11) is -1.82. The van der Waals surface area contributed by atoms with E-state index in [-0.39, 0.29) is 19.1 Å². The van der Waals surface area contributed by atoms with E-state index in [4.69, 9.17) is 8.92 Å². The maximum absolute atomic E-state index is 12.3. The molecule has 8 nitrogen and oxygen atoms in total. The minimum atomic E-state index is -3.49. The Labute approximate surface area is 189 Å². The fourth-order valence-corrected chi connectivity index (χ4v) is 3.13. The maximum Gasteiger partial charge on any atom is 0.408 e. The van der Waals surface area contributed by atoms with E-state index in [1.165, 1.54) is 4.90 Å². The van der Waals surface area contributed by atoms with Crippen LogP contribution in [0, 0.1) is 0 Å². The zero-order valence-corrected chi connectivity index (χ0v) is 19.9. The molecule has 0 fully saturated rings. The summed E-state index contributed by atoms with van der Waals surface area (Å²) in [5.41, 5.74) is 2.97. The summed E-state index contributed by atoms with van der Waals surface area (Å²) in [6, 6.07) is 15.2. The number of benzene rings is 2. The van der Waals surface area contributed by atoms with Crippen molar-refractivity contribution in [3.63, 3.8) is 0 Å². The van der Waals surface area contributed by atoms with Crippen LogP contribution < -0.4 is 5.32 Å². The van der Waals surface area contributed by atoms with Crippen LogP contribution in [-0.2, 0) is 37.0 Å². The van der Waals surface area contributed by atoms with Gasteiger partial charge in [-0.15, -0.1) is 0 Å². The molecule has 0 aliphatic heterocycles. The molecule has 0 atom stereocenters. The number of hydrogen-bond acceptors (Lipinski definition) is 6. The summed E-state index contributed by atoms with van der Waals surface area (Å²) in [5, 5.41) is 2.47. The van der Waals surface area contributed by atoms with Gasteiger partial charge >= 0.3 is 6.09 Å². The van der Waals surface area contributed by atoms with Gasteiger partial charge in [0.25, 0.3) is 10.1 Å². The van der Waals surface area contributed by atoms with Crippen molar-refractivity contribution in [3.8, 4) is 11.1 Å². The molecule has 2 aromatic rings. The number of carbonyl (C=O) groups excluding carboxylic acids is 2. The van der Waals surface area contributed by atoms with Gasteiger partial charge < -0.3 is 15.0 Å². The molecule has 2 amide bonds. The lowest BCUT2D eigenvalue weighted by atomic mass is 10.0. The standard InChI is InChI=1S/C23H30N2O6S/c1-23(2,3)31-22(27)24-14-21(26)25(4)15-18-7-6-8-20(13-18)19-11-9-17(10-12-19)16-30-32(5,28)29/h6-13H,14-16H2,1-5H3,(H,24,27). The highest BCUT2D eigenvalue weighted by Crippen LogP contribution is 2.22. The van der Waals surface area contributed by atoms with E-state index in [1.807, 2.05) is 48.5 Å². The lowest BCUT2D eigenvalue weighted by Crippen LogP contribution is -2.40. The number of nitrogens with zero attached hydrogens (tertiary/aromatic N) is 1. The first-order valence-electron chi connectivity index (χ1n) is 10.1. The van der Waals surface area contributed by atoms with E-state index in [0.29, 0.717) is 6.54 Å². The Morgan fingerprint density at radius 2 is 1.66 bits per heavy atom. The van der Waals surface area contributed by atoms with Crippen LogP contribution in [0.4, 0.5) is 4.79 Å². The van der Waals surface area contributed by atoms with Gasteiger partial charge in [-0.1, -0.05) is 42.5 Å². The largest absolute Gasteiger partial charge is 0.444 e. The number of likely N-dealkylation sites (N-methyl/N-ethyl adjacent to an activating group) is 1. The Hall–Kier alpha value is -2.91. The molecular weight excluding hydrogens is 432 g/mol. The van der Waals surface area contributed by atoms with Gasteiger partial charge in [0, 0.05) is 13.6 Å². The molecule has 0 heterocycles. The van der Waals surface area contributed by atoms with Crippen molar-refractivity contribution >= 4 is 22.1 Å². The first kappa shape index (κ1) is 25.4. The molecule has 0 aliphatic carbocycles. The van der Waals surface area contributed by atoms with Crippen LogP contribution in [0.15, 0.2) is 48.5 Å². The van der Waals surface area contributed by atoms with Gasteiger partial charge in [-0.3, -0.25) is 8.98 Å². The van der Waals surface area contributed by atoms with Gasteiger partial charge in [-0.05, 0) is 49.1 Å². The van der Waals surface area contributed by atoms with Gasteiger partial charge in [0.1, 0.15) is 12.1 Å². The van der Waals surface area contributed by atoms with Gasteiger partial charge in [-0.2, -0.15) is 8.42 Å². The number of alkyl carbamates (subject to hydrolysis) is 1. The zero-order chi connectivity index (χ0) is 23.9. The fraction of sp³-hybridized carbons (Fsp3) is 0.391. The van der Waals surface area contributed by atoms with Crippen LogP contribution in [0.1, 0.15) is 31.9 Å². The molecule has 0 bridgehead atoms. The molecule has 0 saturated carbocycles. The predicted molar refractivity (Wildman–Crippen MR) is 122 cm³/mol. The lowest BCUT2D eigenvalue weighted by Gasteiger charge is -2.21. The maximum atomic E-state index is 12.3. The van der Waals surface area contributed by atoms with E-state index in [1.54, 1.807) is 27.8 Å². The van der Waals surface area contributed by atoms with Crippen LogP contribution in [0.5, 0.6) is 0 Å². The Bertz CT molecular complexity index is 1040. The van der Waals surface area contributed by atoms with Crippen molar-refractivity contribution in [2.45, 2.75) is 39.5 Å². The van der Waals surface area contributed by atoms with Gasteiger partial charge in [0.05, 0.1) is 12.9 Å². The SMILES string of the molecule is CN(Cc1cccc(-c2ccc(COS(C)(=O)=O)cc2)c1)C(=O)CNC(=O)OC(C)(C)C. The summed E-state index contributed by atoms with van der Waals surface area (Å²) in [6.45, 7) is 5.48. The summed E-state index contributed by atoms with van der Waals surface area (Å²) in [4.78, 5) is 25.6. The van der Waals surface area contributed by atoms with Crippen molar-refractivity contribution in [3.05, 3.63) is 59.7 Å². The van der Waals surface area contributed by atoms with Crippen molar-refractivity contribution in [2.75, 3.05) is 19.8 Å². The van der Waals surface area contributed by atoms with E-state index in [2.05, 4.69) is 5.32 Å². The molecule has 0 unspecified atom stereocenters. The lowest BCUT2D eigenvalue weighted by molar-refractivity contribution is -0.129. The molecule has 1 N–H and O–H groups in total. The van der Waals surface area contributed by atoms with Crippen molar-refractivity contribution in [1.29, 1.82) is 0 Å². The Morgan fingerprint density at radius 1 is 1.00 bits per heavy atom. The first-order chi connectivity index (χ1) is 14.8. The predicted octanol–water partition coefficient (Wildman–Crippen LogP) is 3.31. The van der Waals surface area contributed by atoms with Crippen molar-refractivity contribution in [2.24, 2.45) is 0 Å². The number of amides is 2. The molecule has 2 aromatic carbocycles. The molecule has 0 aromatic heterocycles. The molecule has 174 valence electrons. The second-order valence-corrected chi connectivity index (χ2v) is 10.1. The number of ether oxygens (including phenoxy) is 1. The quantitative estimate of drug-likeness (QED) is 0.604. The van der Waals surface area contributed by atoms with E-state index < -0.39 is 21.8 Å². The Morgan fingerprint density at radius 3 is 2.25 bits per heavy atom. The molecular formula is C23H30N2O6S. The van der Waals surface area contributed by atoms with Crippen LogP contribution in [0.3, 0.4) is 0 Å². The smallest absolute Gasteiger partial charge is 0.408 e. The normalized spacial score (nSPS) is 11.7. The molecule has 0 radical (unpaired) electrons. The average Bonchev–Trinajstić information content (AvgIpc) is 2.69. The van der Waals surface area contributed by atoms with Gasteiger partial charge in [0.2, 0.25) is 5.91 Å². The fourth-order valence-electron chi connectivity index (χ4n) is 2.78. The second kappa shape index (κ2) is 10.6. The number of nitrogens with one attached hydrogen (secondary N) is 1. The summed E-state index contributed by atoms with van der Waals surface area (Å²) in [6.07, 6.45) is 0.383. The number of hydrogen-bond donors (Lipinski definition) is 1. The molecule has 32 heavy (non-hydrogen) atoms. The number of rotatable bonds is 8. The van der Waals surface area contributed by atoms with E-state index in [9.17, 15) is 18.0 Å². The van der Waals surface area contributed by atoms with E-state index >= 15 is 0 Å². The molecule has 0 saturated heterocycles. The monoisotopic (exact) mass is 462 g/mol. The van der Waals surface area contributed by atoms with Crippen LogP contribution in [0.2, 0.25) is 0 Å². The first-order valence-corrected chi connectivity index (χ1v) is 11.9. The third kappa shape index (κ3) is 9.07. The van der Waals surface area contributed by atoms with Crippen LogP contribution in [-0.4, -0.2) is 50.8 Å². The van der Waals surface area contributed by atoms with Gasteiger partial charge in [0.15, 0.2) is 0 Å². The highest BCUT2D eigenvalue weighted by atomic mass is 32.2.